The first-order valence-corrected chi connectivity index (χ1v) is 4.03. The maximum atomic E-state index is 11.5. The molecule has 0 rings (SSSR count). The monoisotopic (exact) mass is 174 g/mol. The molecule has 1 amide bonds. The van der Waals surface area contributed by atoms with Gasteiger partial charge >= 0.3 is 0 Å². The van der Waals surface area contributed by atoms with E-state index in [0.29, 0.717) is 0 Å². The lowest BCUT2D eigenvalue weighted by Gasteiger charge is -2.23. The van der Waals surface area contributed by atoms with Crippen molar-refractivity contribution in [3.63, 3.8) is 0 Å². The Morgan fingerprint density at radius 1 is 1.50 bits per heavy atom. The highest BCUT2D eigenvalue weighted by atomic mass is 16.7. The molecule has 4 nitrogen and oxygen atoms in total. The van der Waals surface area contributed by atoms with E-state index in [1.165, 1.54) is 12.2 Å². The zero-order valence-corrected chi connectivity index (χ0v) is 8.42. The van der Waals surface area contributed by atoms with E-state index in [9.17, 15) is 4.79 Å². The molecule has 1 atom stereocenters. The van der Waals surface area contributed by atoms with Gasteiger partial charge in [-0.05, 0) is 13.0 Å². The molecule has 0 spiro atoms. The maximum Gasteiger partial charge on any atom is 0.263 e. The van der Waals surface area contributed by atoms with E-state index in [2.05, 4.69) is 5.32 Å². The molecule has 12 heavy (non-hydrogen) atoms. The van der Waals surface area contributed by atoms with E-state index in [0.717, 1.165) is 0 Å². The zero-order valence-electron chi connectivity index (χ0n) is 8.42. The first kappa shape index (κ1) is 11.4. The molecular formula is C8H18N2O2. The van der Waals surface area contributed by atoms with Crippen LogP contribution in [0.15, 0.2) is 0 Å². The van der Waals surface area contributed by atoms with Crippen molar-refractivity contribution in [3.05, 3.63) is 0 Å². The Hall–Kier alpha value is -0.610. The minimum Gasteiger partial charge on any atom is -0.309 e. The van der Waals surface area contributed by atoms with Gasteiger partial charge in [0.05, 0.1) is 13.2 Å². The summed E-state index contributed by atoms with van der Waals surface area (Å²) < 4.78 is 0. The molecule has 4 heteroatoms. The quantitative estimate of drug-likeness (QED) is 0.621. The molecule has 0 aromatic rings. The lowest BCUT2D eigenvalue weighted by molar-refractivity contribution is -0.172. The average Bonchev–Trinajstić information content (AvgIpc) is 2.03. The molecule has 0 aromatic heterocycles. The molecule has 72 valence electrons. The largest absolute Gasteiger partial charge is 0.309 e. The number of amides is 1. The number of hydrogen-bond acceptors (Lipinski definition) is 3. The molecule has 0 aliphatic carbocycles. The molecular weight excluding hydrogens is 156 g/mol. The second kappa shape index (κ2) is 5.11. The summed E-state index contributed by atoms with van der Waals surface area (Å²) in [6.07, 6.45) is 0. The van der Waals surface area contributed by atoms with Crippen molar-refractivity contribution in [1.29, 1.82) is 0 Å². The molecule has 0 heterocycles. The van der Waals surface area contributed by atoms with E-state index in [1.807, 2.05) is 13.8 Å². The fourth-order valence-corrected chi connectivity index (χ4v) is 1.03. The Morgan fingerprint density at radius 3 is 2.25 bits per heavy atom. The average molecular weight is 174 g/mol. The molecule has 0 aromatic carbocycles. The van der Waals surface area contributed by atoms with Crippen molar-refractivity contribution < 1.29 is 9.63 Å². The van der Waals surface area contributed by atoms with Crippen LogP contribution in [0, 0.1) is 5.92 Å². The predicted octanol–water partition coefficient (Wildman–Crippen LogP) is 0.250. The van der Waals surface area contributed by atoms with Gasteiger partial charge in [0.25, 0.3) is 5.91 Å². The Morgan fingerprint density at radius 2 is 2.00 bits per heavy atom. The van der Waals surface area contributed by atoms with Crippen LogP contribution < -0.4 is 5.32 Å². The predicted molar refractivity (Wildman–Crippen MR) is 47.5 cm³/mol. The van der Waals surface area contributed by atoms with E-state index >= 15 is 0 Å². The zero-order chi connectivity index (χ0) is 9.72. The van der Waals surface area contributed by atoms with Crippen molar-refractivity contribution in [3.8, 4) is 0 Å². The number of carbonyl (C=O) groups excluding carboxylic acids is 1. The van der Waals surface area contributed by atoms with Gasteiger partial charge in [0.1, 0.15) is 0 Å². The van der Waals surface area contributed by atoms with Gasteiger partial charge in [-0.1, -0.05) is 13.8 Å². The number of hydroxylamine groups is 2. The Labute approximate surface area is 73.8 Å². The number of likely N-dealkylation sites (N-methyl/N-ethyl adjacent to an activating group) is 2. The highest BCUT2D eigenvalue weighted by molar-refractivity contribution is 5.80. The number of rotatable bonds is 4. The first-order valence-electron chi connectivity index (χ1n) is 4.03. The SMILES string of the molecule is CN[C@H](C(=O)N(C)OC)C(C)C. The highest BCUT2D eigenvalue weighted by Crippen LogP contribution is 2.04. The fraction of sp³-hybridized carbons (Fsp3) is 0.875. The van der Waals surface area contributed by atoms with Crippen molar-refractivity contribution in [1.82, 2.24) is 10.4 Å². The van der Waals surface area contributed by atoms with Crippen molar-refractivity contribution in [2.24, 2.45) is 5.92 Å². The molecule has 0 aliphatic heterocycles. The third-order valence-corrected chi connectivity index (χ3v) is 1.83. The van der Waals surface area contributed by atoms with Crippen molar-refractivity contribution in [2.75, 3.05) is 21.2 Å². The van der Waals surface area contributed by atoms with Gasteiger partial charge < -0.3 is 5.32 Å². The summed E-state index contributed by atoms with van der Waals surface area (Å²) in [6.45, 7) is 3.98. The summed E-state index contributed by atoms with van der Waals surface area (Å²) in [5.74, 6) is 0.218. The molecule has 0 unspecified atom stereocenters. The second-order valence-corrected chi connectivity index (χ2v) is 3.03. The third-order valence-electron chi connectivity index (χ3n) is 1.83. The van der Waals surface area contributed by atoms with Crippen molar-refractivity contribution in [2.45, 2.75) is 19.9 Å². The van der Waals surface area contributed by atoms with E-state index in [-0.39, 0.29) is 17.9 Å². The van der Waals surface area contributed by atoms with E-state index < -0.39 is 0 Å². The third kappa shape index (κ3) is 2.79. The summed E-state index contributed by atoms with van der Waals surface area (Å²) in [6, 6.07) is -0.171. The van der Waals surface area contributed by atoms with Gasteiger partial charge in [-0.3, -0.25) is 9.63 Å². The van der Waals surface area contributed by atoms with Gasteiger partial charge in [0, 0.05) is 7.05 Å². The molecule has 0 fully saturated rings. The normalized spacial score (nSPS) is 13.2. The van der Waals surface area contributed by atoms with Crippen LogP contribution in [0.2, 0.25) is 0 Å². The smallest absolute Gasteiger partial charge is 0.263 e. The Bertz CT molecular complexity index is 148. The molecule has 1 N–H and O–H groups in total. The number of nitrogens with zero attached hydrogens (tertiary/aromatic N) is 1. The summed E-state index contributed by atoms with van der Waals surface area (Å²) in [5, 5.41) is 4.18. The number of carbonyl (C=O) groups is 1. The van der Waals surface area contributed by atoms with Crippen LogP contribution in [0.25, 0.3) is 0 Å². The minimum absolute atomic E-state index is 0.0463. The summed E-state index contributed by atoms with van der Waals surface area (Å²) in [7, 11) is 4.85. The molecule has 0 saturated heterocycles. The lowest BCUT2D eigenvalue weighted by atomic mass is 10.0. The van der Waals surface area contributed by atoms with Gasteiger partial charge in [-0.15, -0.1) is 0 Å². The van der Waals surface area contributed by atoms with Crippen LogP contribution in [-0.4, -0.2) is 38.2 Å². The summed E-state index contributed by atoms with van der Waals surface area (Å²) >= 11 is 0. The van der Waals surface area contributed by atoms with Gasteiger partial charge in [0.2, 0.25) is 0 Å². The highest BCUT2D eigenvalue weighted by Gasteiger charge is 2.23. The van der Waals surface area contributed by atoms with Crippen LogP contribution in [0.3, 0.4) is 0 Å². The minimum atomic E-state index is -0.171. The van der Waals surface area contributed by atoms with E-state index in [1.54, 1.807) is 14.1 Å². The number of hydrogen-bond donors (Lipinski definition) is 1. The fourth-order valence-electron chi connectivity index (χ4n) is 1.03. The maximum absolute atomic E-state index is 11.5. The van der Waals surface area contributed by atoms with Gasteiger partial charge in [0.15, 0.2) is 0 Å². The lowest BCUT2D eigenvalue weighted by Crippen LogP contribution is -2.46. The van der Waals surface area contributed by atoms with Crippen LogP contribution in [0.4, 0.5) is 0 Å². The summed E-state index contributed by atoms with van der Waals surface area (Å²) in [4.78, 5) is 16.3. The van der Waals surface area contributed by atoms with Crippen LogP contribution in [-0.2, 0) is 9.63 Å². The summed E-state index contributed by atoms with van der Waals surface area (Å²) in [5.41, 5.74) is 0. The first-order chi connectivity index (χ1) is 5.54. The van der Waals surface area contributed by atoms with Crippen LogP contribution in [0.1, 0.15) is 13.8 Å². The number of nitrogens with one attached hydrogen (secondary N) is 1. The van der Waals surface area contributed by atoms with E-state index in [4.69, 9.17) is 4.84 Å². The molecule has 0 bridgehead atoms. The van der Waals surface area contributed by atoms with Gasteiger partial charge in [-0.2, -0.15) is 0 Å². The molecule has 0 saturated carbocycles. The van der Waals surface area contributed by atoms with Gasteiger partial charge in [-0.25, -0.2) is 5.06 Å². The topological polar surface area (TPSA) is 41.6 Å². The Kier molecular flexibility index (Phi) is 4.85. The Balaban J connectivity index is 4.21. The molecule has 0 radical (unpaired) electrons. The van der Waals surface area contributed by atoms with Crippen LogP contribution in [0.5, 0.6) is 0 Å². The second-order valence-electron chi connectivity index (χ2n) is 3.03. The molecule has 0 aliphatic rings. The van der Waals surface area contributed by atoms with Crippen molar-refractivity contribution >= 4 is 5.91 Å². The van der Waals surface area contributed by atoms with Crippen LogP contribution >= 0.6 is 0 Å². The standard InChI is InChI=1S/C8H18N2O2/c1-6(2)7(9-3)8(11)10(4)12-5/h6-7,9H,1-5H3/t7-/m0/s1.